The Bertz CT molecular complexity index is 1330. The Morgan fingerprint density at radius 1 is 0.909 bits per heavy atom. The largest absolute Gasteiger partial charge is 0.449 e. The van der Waals surface area contributed by atoms with Crippen LogP contribution < -0.4 is 5.32 Å². The number of fused-ring (bicyclic) bond motifs is 3. The van der Waals surface area contributed by atoms with E-state index in [1.165, 1.54) is 11.8 Å². The summed E-state index contributed by atoms with van der Waals surface area (Å²) < 4.78 is 6.06. The summed E-state index contributed by atoms with van der Waals surface area (Å²) in [5, 5.41) is 13.5. The first-order chi connectivity index (χ1) is 16.2. The van der Waals surface area contributed by atoms with E-state index >= 15 is 0 Å². The van der Waals surface area contributed by atoms with Gasteiger partial charge in [-0.3, -0.25) is 0 Å². The van der Waals surface area contributed by atoms with Crippen LogP contribution in [0.1, 0.15) is 5.56 Å². The number of anilines is 1. The topological polar surface area (TPSA) is 74.7 Å². The van der Waals surface area contributed by atoms with E-state index in [0.717, 1.165) is 44.6 Å². The van der Waals surface area contributed by atoms with E-state index in [1.807, 2.05) is 54.6 Å². The summed E-state index contributed by atoms with van der Waals surface area (Å²) in [4.78, 5) is 8.36. The standard InChI is InChI=1S/C25H18ClN5OS/c26-17-11-12-19-18(13-17)23-24(27-19)32-20(30-31-23)14-33-25-28-21(15-7-3-1-4-8-15)22(29-25)16-9-5-2-6-10-16/h1-13,24,27H,14H2,(H,28,29). The number of thioether (sulfide) groups is 1. The molecular weight excluding hydrogens is 454 g/mol. The third kappa shape index (κ3) is 3.90. The van der Waals surface area contributed by atoms with Crippen LogP contribution in [-0.2, 0) is 4.74 Å². The van der Waals surface area contributed by atoms with E-state index in [0.29, 0.717) is 16.7 Å². The minimum atomic E-state index is -0.358. The lowest BCUT2D eigenvalue weighted by atomic mass is 10.1. The highest BCUT2D eigenvalue weighted by Gasteiger charge is 2.33. The van der Waals surface area contributed by atoms with Gasteiger partial charge in [0.1, 0.15) is 5.71 Å². The molecule has 0 bridgehead atoms. The minimum absolute atomic E-state index is 0.358. The van der Waals surface area contributed by atoms with Crippen molar-refractivity contribution in [3.63, 3.8) is 0 Å². The summed E-state index contributed by atoms with van der Waals surface area (Å²) in [6.07, 6.45) is -0.358. The Hall–Kier alpha value is -3.55. The first-order valence-corrected chi connectivity index (χ1v) is 11.8. The molecule has 0 amide bonds. The number of hydrogen-bond donors (Lipinski definition) is 2. The fraction of sp³-hybridized carbons (Fsp3) is 0.0800. The Morgan fingerprint density at radius 2 is 1.67 bits per heavy atom. The predicted octanol–water partition coefficient (Wildman–Crippen LogP) is 6.07. The van der Waals surface area contributed by atoms with Crippen molar-refractivity contribution >= 4 is 40.7 Å². The maximum Gasteiger partial charge on any atom is 0.221 e. The highest BCUT2D eigenvalue weighted by Crippen LogP contribution is 2.34. The summed E-state index contributed by atoms with van der Waals surface area (Å²) in [5.74, 6) is 1.04. The molecular formula is C25H18ClN5OS. The normalized spacial score (nSPS) is 16.2. The summed E-state index contributed by atoms with van der Waals surface area (Å²) in [6.45, 7) is 0. The van der Waals surface area contributed by atoms with Gasteiger partial charge in [0.05, 0.1) is 17.1 Å². The summed E-state index contributed by atoms with van der Waals surface area (Å²) in [6, 6.07) is 26.0. The average molecular weight is 472 g/mol. The molecule has 2 N–H and O–H groups in total. The summed E-state index contributed by atoms with van der Waals surface area (Å²) in [5.41, 5.74) is 6.67. The van der Waals surface area contributed by atoms with E-state index in [9.17, 15) is 0 Å². The molecule has 6 rings (SSSR count). The van der Waals surface area contributed by atoms with E-state index in [2.05, 4.69) is 44.8 Å². The SMILES string of the molecule is Clc1ccc2c(c1)C1=NN=C(CSc3nc(-c4ccccc4)c(-c4ccccc4)[nH]3)OC1N2. The molecule has 2 aliphatic heterocycles. The second-order valence-electron chi connectivity index (χ2n) is 7.60. The molecule has 1 aromatic heterocycles. The molecule has 33 heavy (non-hydrogen) atoms. The van der Waals surface area contributed by atoms with Crippen LogP contribution in [0.3, 0.4) is 0 Å². The van der Waals surface area contributed by atoms with Crippen molar-refractivity contribution < 1.29 is 4.74 Å². The van der Waals surface area contributed by atoms with Crippen LogP contribution in [0.15, 0.2) is 94.2 Å². The van der Waals surface area contributed by atoms with Gasteiger partial charge >= 0.3 is 0 Å². The van der Waals surface area contributed by atoms with Gasteiger partial charge in [-0.25, -0.2) is 4.98 Å². The number of hydrogen-bond acceptors (Lipinski definition) is 6. The molecule has 2 aliphatic rings. The van der Waals surface area contributed by atoms with Crippen molar-refractivity contribution in [2.45, 2.75) is 11.4 Å². The monoisotopic (exact) mass is 471 g/mol. The van der Waals surface area contributed by atoms with Crippen molar-refractivity contribution in [1.29, 1.82) is 0 Å². The van der Waals surface area contributed by atoms with Gasteiger partial charge in [-0.05, 0) is 18.2 Å². The molecule has 0 saturated carbocycles. The molecule has 0 saturated heterocycles. The molecule has 0 spiro atoms. The van der Waals surface area contributed by atoms with Gasteiger partial charge in [0.2, 0.25) is 12.1 Å². The lowest BCUT2D eigenvalue weighted by Gasteiger charge is -2.18. The van der Waals surface area contributed by atoms with Crippen molar-refractivity contribution in [2.75, 3.05) is 11.1 Å². The number of nitrogens with one attached hydrogen (secondary N) is 2. The van der Waals surface area contributed by atoms with E-state index < -0.39 is 0 Å². The number of halogens is 1. The van der Waals surface area contributed by atoms with Crippen molar-refractivity contribution in [1.82, 2.24) is 9.97 Å². The van der Waals surface area contributed by atoms with Crippen LogP contribution in [0, 0.1) is 0 Å². The number of ether oxygens (including phenoxy) is 1. The Kier molecular flexibility index (Phi) is 5.13. The first kappa shape index (κ1) is 20.1. The van der Waals surface area contributed by atoms with Crippen LogP contribution in [-0.4, -0.2) is 33.6 Å². The fourth-order valence-electron chi connectivity index (χ4n) is 3.90. The van der Waals surface area contributed by atoms with Crippen molar-refractivity contribution in [3.05, 3.63) is 89.4 Å². The molecule has 3 aromatic carbocycles. The molecule has 1 unspecified atom stereocenters. The first-order valence-electron chi connectivity index (χ1n) is 10.5. The van der Waals surface area contributed by atoms with Crippen LogP contribution in [0.2, 0.25) is 5.02 Å². The van der Waals surface area contributed by atoms with Crippen molar-refractivity contribution in [3.8, 4) is 22.5 Å². The summed E-state index contributed by atoms with van der Waals surface area (Å²) >= 11 is 7.66. The number of imidazole rings is 1. The van der Waals surface area contributed by atoms with Gasteiger partial charge < -0.3 is 15.0 Å². The third-order valence-electron chi connectivity index (χ3n) is 5.44. The van der Waals surface area contributed by atoms with Gasteiger partial charge in [-0.2, -0.15) is 0 Å². The zero-order valence-corrected chi connectivity index (χ0v) is 18.9. The average Bonchev–Trinajstić information content (AvgIpc) is 3.45. The lowest BCUT2D eigenvalue weighted by molar-refractivity contribution is 0.276. The van der Waals surface area contributed by atoms with Gasteiger partial charge in [0, 0.05) is 27.4 Å². The number of H-pyrrole nitrogens is 1. The van der Waals surface area contributed by atoms with Gasteiger partial charge in [0.15, 0.2) is 5.16 Å². The Morgan fingerprint density at radius 3 is 2.45 bits per heavy atom. The minimum Gasteiger partial charge on any atom is -0.449 e. The summed E-state index contributed by atoms with van der Waals surface area (Å²) in [7, 11) is 0. The predicted molar refractivity (Wildman–Crippen MR) is 134 cm³/mol. The Balaban J connectivity index is 1.24. The quantitative estimate of drug-likeness (QED) is 0.346. The number of aromatic nitrogens is 2. The van der Waals surface area contributed by atoms with Crippen molar-refractivity contribution in [2.24, 2.45) is 10.2 Å². The number of nitrogens with zero attached hydrogens (tertiary/aromatic N) is 3. The molecule has 8 heteroatoms. The number of aromatic amines is 1. The van der Waals surface area contributed by atoms with Gasteiger partial charge in [-0.1, -0.05) is 84.0 Å². The third-order valence-corrected chi connectivity index (χ3v) is 6.53. The smallest absolute Gasteiger partial charge is 0.221 e. The molecule has 6 nitrogen and oxygen atoms in total. The maximum atomic E-state index is 6.13. The molecule has 0 radical (unpaired) electrons. The van der Waals surface area contributed by atoms with E-state index in [-0.39, 0.29) is 6.23 Å². The molecule has 3 heterocycles. The van der Waals surface area contributed by atoms with Crippen LogP contribution in [0.4, 0.5) is 5.69 Å². The molecule has 0 aliphatic carbocycles. The van der Waals surface area contributed by atoms with Crippen LogP contribution in [0.5, 0.6) is 0 Å². The molecule has 162 valence electrons. The zero-order chi connectivity index (χ0) is 22.2. The second kappa shape index (κ2) is 8.42. The lowest BCUT2D eigenvalue weighted by Crippen LogP contribution is -2.32. The Labute approximate surface area is 199 Å². The zero-order valence-electron chi connectivity index (χ0n) is 17.3. The second-order valence-corrected chi connectivity index (χ2v) is 9.00. The van der Waals surface area contributed by atoms with E-state index in [1.54, 1.807) is 0 Å². The van der Waals surface area contributed by atoms with E-state index in [4.69, 9.17) is 21.3 Å². The number of benzene rings is 3. The van der Waals surface area contributed by atoms with Gasteiger partial charge in [-0.15, -0.1) is 10.2 Å². The number of rotatable bonds is 5. The highest BCUT2D eigenvalue weighted by molar-refractivity contribution is 7.99. The molecule has 0 fully saturated rings. The molecule has 1 atom stereocenters. The highest BCUT2D eigenvalue weighted by atomic mass is 35.5. The van der Waals surface area contributed by atoms with Gasteiger partial charge in [0.25, 0.3) is 0 Å². The molecule has 4 aromatic rings. The maximum absolute atomic E-state index is 6.13. The van der Waals surface area contributed by atoms with Crippen LogP contribution >= 0.6 is 23.4 Å². The fourth-order valence-corrected chi connectivity index (χ4v) is 4.79. The van der Waals surface area contributed by atoms with Crippen LogP contribution in [0.25, 0.3) is 22.5 Å².